The highest BCUT2D eigenvalue weighted by Crippen LogP contribution is 2.06. The topological polar surface area (TPSA) is 54.2 Å². The molecular weight excluding hydrogens is 238 g/mol. The van der Waals surface area contributed by atoms with Crippen LogP contribution >= 0.6 is 0 Å². The predicted octanol–water partition coefficient (Wildman–Crippen LogP) is 1.87. The van der Waals surface area contributed by atoms with Crippen LogP contribution in [-0.2, 0) is 6.54 Å². The maximum Gasteiger partial charge on any atom is 0.191 e. The third-order valence-corrected chi connectivity index (χ3v) is 3.01. The molecular formula is C14H27N5. The minimum absolute atomic E-state index is 0.446. The maximum atomic E-state index is 4.24. The predicted molar refractivity (Wildman–Crippen MR) is 80.3 cm³/mol. The van der Waals surface area contributed by atoms with E-state index in [1.807, 2.05) is 24.1 Å². The number of guanidine groups is 1. The Morgan fingerprint density at radius 3 is 2.68 bits per heavy atom. The Morgan fingerprint density at radius 1 is 1.32 bits per heavy atom. The molecule has 0 aromatic carbocycles. The largest absolute Gasteiger partial charge is 0.355 e. The van der Waals surface area contributed by atoms with Gasteiger partial charge in [0, 0.05) is 38.6 Å². The van der Waals surface area contributed by atoms with Crippen LogP contribution in [0.4, 0.5) is 0 Å². The van der Waals surface area contributed by atoms with Gasteiger partial charge >= 0.3 is 0 Å². The van der Waals surface area contributed by atoms with E-state index in [9.17, 15) is 0 Å². The zero-order valence-corrected chi connectivity index (χ0v) is 12.6. The molecule has 0 spiro atoms. The lowest BCUT2D eigenvalue weighted by Crippen LogP contribution is -2.43. The first-order chi connectivity index (χ1) is 9.11. The van der Waals surface area contributed by atoms with Gasteiger partial charge in [-0.3, -0.25) is 4.99 Å². The summed E-state index contributed by atoms with van der Waals surface area (Å²) in [6, 6.07) is 0.446. The average molecular weight is 265 g/mol. The second kappa shape index (κ2) is 8.56. The van der Waals surface area contributed by atoms with Gasteiger partial charge in [0.25, 0.3) is 0 Å². The molecule has 1 atom stereocenters. The summed E-state index contributed by atoms with van der Waals surface area (Å²) in [7, 11) is 1.81. The average Bonchev–Trinajstić information content (AvgIpc) is 2.88. The Bertz CT molecular complexity index is 356. The number of hydrogen-bond acceptors (Lipinski definition) is 2. The zero-order chi connectivity index (χ0) is 14.1. The zero-order valence-electron chi connectivity index (χ0n) is 12.6. The van der Waals surface area contributed by atoms with Gasteiger partial charge < -0.3 is 15.2 Å². The summed E-state index contributed by atoms with van der Waals surface area (Å²) in [6.45, 7) is 8.44. The van der Waals surface area contributed by atoms with Crippen molar-refractivity contribution in [2.24, 2.45) is 10.9 Å². The minimum Gasteiger partial charge on any atom is -0.355 e. The molecule has 0 bridgehead atoms. The highest BCUT2D eigenvalue weighted by molar-refractivity contribution is 5.79. The fourth-order valence-electron chi connectivity index (χ4n) is 1.81. The lowest BCUT2D eigenvalue weighted by Gasteiger charge is -2.18. The van der Waals surface area contributed by atoms with Crippen LogP contribution < -0.4 is 10.6 Å². The summed E-state index contributed by atoms with van der Waals surface area (Å²) in [5, 5.41) is 6.73. The van der Waals surface area contributed by atoms with Gasteiger partial charge in [-0.25, -0.2) is 4.98 Å². The number of nitrogens with zero attached hydrogens (tertiary/aromatic N) is 3. The van der Waals surface area contributed by atoms with Gasteiger partial charge in [-0.2, -0.15) is 0 Å². The van der Waals surface area contributed by atoms with Crippen molar-refractivity contribution in [2.45, 2.75) is 46.2 Å². The molecule has 5 heteroatoms. The molecule has 1 aromatic heterocycles. The Labute approximate surface area is 116 Å². The number of rotatable bonds is 7. The molecule has 1 heterocycles. The van der Waals surface area contributed by atoms with E-state index in [1.165, 1.54) is 12.8 Å². The highest BCUT2D eigenvalue weighted by Gasteiger charge is 2.05. The molecule has 0 aliphatic rings. The number of aromatic nitrogens is 2. The van der Waals surface area contributed by atoms with Crippen LogP contribution in [-0.4, -0.2) is 35.1 Å². The number of aliphatic imine (C=N–C) groups is 1. The van der Waals surface area contributed by atoms with Crippen molar-refractivity contribution in [1.82, 2.24) is 20.2 Å². The molecule has 1 aromatic rings. The van der Waals surface area contributed by atoms with Gasteiger partial charge in [0.2, 0.25) is 0 Å². The van der Waals surface area contributed by atoms with E-state index >= 15 is 0 Å². The van der Waals surface area contributed by atoms with Crippen LogP contribution in [0.25, 0.3) is 0 Å². The molecule has 0 aliphatic carbocycles. The molecule has 1 rings (SSSR count). The van der Waals surface area contributed by atoms with Gasteiger partial charge in [-0.05, 0) is 25.7 Å². The summed E-state index contributed by atoms with van der Waals surface area (Å²) in [5.41, 5.74) is 0. The van der Waals surface area contributed by atoms with Crippen molar-refractivity contribution in [2.75, 3.05) is 13.6 Å². The lowest BCUT2D eigenvalue weighted by molar-refractivity contribution is 0.488. The molecule has 0 amide bonds. The number of hydrogen-bond donors (Lipinski definition) is 2. The Balaban J connectivity index is 2.22. The first-order valence-corrected chi connectivity index (χ1v) is 7.04. The summed E-state index contributed by atoms with van der Waals surface area (Å²) in [5.74, 6) is 1.62. The molecule has 2 N–H and O–H groups in total. The molecule has 19 heavy (non-hydrogen) atoms. The van der Waals surface area contributed by atoms with Crippen LogP contribution in [0.3, 0.4) is 0 Å². The van der Waals surface area contributed by atoms with E-state index in [0.29, 0.717) is 6.04 Å². The monoisotopic (exact) mass is 265 g/mol. The fraction of sp³-hybridized carbons (Fsp3) is 0.714. The smallest absolute Gasteiger partial charge is 0.191 e. The number of nitrogens with one attached hydrogen (secondary N) is 2. The molecule has 108 valence electrons. The summed E-state index contributed by atoms with van der Waals surface area (Å²) in [6.07, 6.45) is 7.98. The van der Waals surface area contributed by atoms with E-state index in [1.54, 1.807) is 6.20 Å². The van der Waals surface area contributed by atoms with Crippen LogP contribution in [0, 0.1) is 5.92 Å². The Morgan fingerprint density at radius 2 is 2.11 bits per heavy atom. The third-order valence-electron chi connectivity index (χ3n) is 3.01. The van der Waals surface area contributed by atoms with Gasteiger partial charge in [-0.1, -0.05) is 13.8 Å². The molecule has 1 unspecified atom stereocenters. The van der Waals surface area contributed by atoms with E-state index in [2.05, 4.69) is 41.4 Å². The van der Waals surface area contributed by atoms with Crippen LogP contribution in [0.5, 0.6) is 0 Å². The molecule has 0 saturated carbocycles. The van der Waals surface area contributed by atoms with Crippen LogP contribution in [0.1, 0.15) is 33.6 Å². The van der Waals surface area contributed by atoms with Crippen molar-refractivity contribution in [3.63, 3.8) is 0 Å². The van der Waals surface area contributed by atoms with Crippen molar-refractivity contribution in [3.8, 4) is 0 Å². The second-order valence-corrected chi connectivity index (χ2v) is 5.32. The van der Waals surface area contributed by atoms with Crippen LogP contribution in [0.15, 0.2) is 23.7 Å². The molecule has 0 fully saturated rings. The van der Waals surface area contributed by atoms with E-state index in [4.69, 9.17) is 0 Å². The Kier molecular flexibility index (Phi) is 7.00. The first kappa shape index (κ1) is 15.5. The quantitative estimate of drug-likeness (QED) is 0.584. The highest BCUT2D eigenvalue weighted by atomic mass is 15.2. The third kappa shape index (κ3) is 6.84. The summed E-state index contributed by atoms with van der Waals surface area (Å²) < 4.78 is 2.04. The molecule has 0 radical (unpaired) electrons. The molecule has 0 saturated heterocycles. The maximum absolute atomic E-state index is 4.24. The van der Waals surface area contributed by atoms with Crippen molar-refractivity contribution < 1.29 is 0 Å². The Hall–Kier alpha value is -1.52. The van der Waals surface area contributed by atoms with E-state index in [0.717, 1.165) is 25.0 Å². The molecule has 0 aliphatic heterocycles. The second-order valence-electron chi connectivity index (χ2n) is 5.32. The minimum atomic E-state index is 0.446. The van der Waals surface area contributed by atoms with Crippen molar-refractivity contribution >= 4 is 5.96 Å². The normalized spacial score (nSPS) is 13.6. The molecule has 5 nitrogen and oxygen atoms in total. The van der Waals surface area contributed by atoms with Crippen molar-refractivity contribution in [1.29, 1.82) is 0 Å². The van der Waals surface area contributed by atoms with E-state index < -0.39 is 0 Å². The van der Waals surface area contributed by atoms with Crippen LogP contribution in [0.2, 0.25) is 0 Å². The summed E-state index contributed by atoms with van der Waals surface area (Å²) in [4.78, 5) is 8.26. The number of imidazole rings is 1. The SMILES string of the molecule is CN=C(NCCn1ccnc1)NC(C)CCC(C)C. The fourth-order valence-corrected chi connectivity index (χ4v) is 1.81. The van der Waals surface area contributed by atoms with Gasteiger partial charge in [0.05, 0.1) is 6.33 Å². The lowest BCUT2D eigenvalue weighted by atomic mass is 10.0. The van der Waals surface area contributed by atoms with E-state index in [-0.39, 0.29) is 0 Å². The van der Waals surface area contributed by atoms with Gasteiger partial charge in [0.1, 0.15) is 0 Å². The van der Waals surface area contributed by atoms with Gasteiger partial charge in [0.15, 0.2) is 5.96 Å². The van der Waals surface area contributed by atoms with Crippen molar-refractivity contribution in [3.05, 3.63) is 18.7 Å². The first-order valence-electron chi connectivity index (χ1n) is 7.04. The summed E-state index contributed by atoms with van der Waals surface area (Å²) >= 11 is 0. The van der Waals surface area contributed by atoms with Gasteiger partial charge in [-0.15, -0.1) is 0 Å². The standard InChI is InChI=1S/C14H27N5/c1-12(2)5-6-13(3)18-14(15-4)17-8-10-19-9-7-16-11-19/h7,9,11-13H,5-6,8,10H2,1-4H3,(H2,15,17,18).